The Bertz CT molecular complexity index is 2420. The molecule has 3 atom stereocenters. The number of amides is 2. The Morgan fingerprint density at radius 3 is 2.13 bits per heavy atom. The zero-order valence-corrected chi connectivity index (χ0v) is 35.8. The smallest absolute Gasteiger partial charge is 0.431 e. The van der Waals surface area contributed by atoms with E-state index in [1.165, 1.54) is 23.6 Å². The summed E-state index contributed by atoms with van der Waals surface area (Å²) in [6, 6.07) is 31.1. The van der Waals surface area contributed by atoms with E-state index >= 15 is 0 Å². The number of oxime groups is 1. The molecule has 3 N–H and O–H groups in total. The maximum atomic E-state index is 14.5. The summed E-state index contributed by atoms with van der Waals surface area (Å²) >= 11 is 2.47. The monoisotopic (exact) mass is 884 g/mol. The molecule has 4 heterocycles. The number of nitrogens with zero attached hydrogens (tertiary/aromatic N) is 4. The third-order valence-corrected chi connectivity index (χ3v) is 12.8. The third kappa shape index (κ3) is 9.51. The number of nitrogen functional groups attached to an aromatic ring is 1. The summed E-state index contributed by atoms with van der Waals surface area (Å²) in [6.45, 7) is 1.40. The number of carbonyl (C=O) groups is 4. The molecule has 1 saturated carbocycles. The summed E-state index contributed by atoms with van der Waals surface area (Å²) in [5, 5.41) is 8.47. The molecule has 16 heteroatoms. The number of anilines is 1. The molecule has 5 aromatic rings. The van der Waals surface area contributed by atoms with Gasteiger partial charge in [-0.05, 0) is 42.9 Å². The number of thioether (sulfide) groups is 1. The number of allylic oxidation sites excluding steroid dienone is 1. The van der Waals surface area contributed by atoms with Crippen LogP contribution in [0, 0.1) is 0 Å². The zero-order chi connectivity index (χ0) is 43.8. The van der Waals surface area contributed by atoms with Crippen molar-refractivity contribution in [3.63, 3.8) is 0 Å². The van der Waals surface area contributed by atoms with Gasteiger partial charge in [-0.2, -0.15) is 0 Å². The first-order valence-electron chi connectivity index (χ1n) is 20.5. The first kappa shape index (κ1) is 42.9. The van der Waals surface area contributed by atoms with E-state index in [1.807, 2.05) is 97.1 Å². The number of pyridine rings is 1. The number of ether oxygens (including phenoxy) is 3. The predicted molar refractivity (Wildman–Crippen MR) is 239 cm³/mol. The predicted octanol–water partition coefficient (Wildman–Crippen LogP) is 7.58. The second-order valence-electron chi connectivity index (χ2n) is 15.0. The van der Waals surface area contributed by atoms with Crippen LogP contribution in [0.2, 0.25) is 0 Å². The normalized spacial score (nSPS) is 18.5. The molecule has 2 amide bonds. The Hall–Kier alpha value is -6.78. The molecule has 322 valence electrons. The molecular weight excluding hydrogens is 841 g/mol. The van der Waals surface area contributed by atoms with Crippen LogP contribution >= 0.6 is 23.1 Å². The Labute approximate surface area is 372 Å². The summed E-state index contributed by atoms with van der Waals surface area (Å²) in [4.78, 5) is 71.7. The zero-order valence-electron chi connectivity index (χ0n) is 34.2. The topological polar surface area (TPSA) is 185 Å². The van der Waals surface area contributed by atoms with E-state index in [-0.39, 0.29) is 34.1 Å². The summed E-state index contributed by atoms with van der Waals surface area (Å²) in [7, 11) is 0. The van der Waals surface area contributed by atoms with Crippen molar-refractivity contribution in [2.24, 2.45) is 5.16 Å². The average Bonchev–Trinajstić information content (AvgIpc) is 3.75. The molecule has 3 aliphatic rings. The molecule has 2 fully saturated rings. The fourth-order valence-electron chi connectivity index (χ4n) is 7.75. The highest BCUT2D eigenvalue weighted by atomic mass is 32.2. The third-order valence-electron chi connectivity index (χ3n) is 10.8. The van der Waals surface area contributed by atoms with Gasteiger partial charge in [0.05, 0.1) is 0 Å². The number of nitrogens with one attached hydrogen (secondary N) is 1. The van der Waals surface area contributed by atoms with Crippen LogP contribution in [-0.2, 0) is 39.0 Å². The van der Waals surface area contributed by atoms with Gasteiger partial charge < -0.3 is 30.1 Å². The van der Waals surface area contributed by atoms with Crippen molar-refractivity contribution in [1.82, 2.24) is 20.2 Å². The van der Waals surface area contributed by atoms with Crippen LogP contribution in [0.15, 0.2) is 143 Å². The lowest BCUT2D eigenvalue weighted by atomic mass is 9.80. The van der Waals surface area contributed by atoms with E-state index in [2.05, 4.69) is 20.4 Å². The van der Waals surface area contributed by atoms with Gasteiger partial charge in [0.1, 0.15) is 28.9 Å². The molecule has 1 unspecified atom stereocenters. The molecule has 1 aliphatic carbocycles. The van der Waals surface area contributed by atoms with Crippen LogP contribution in [0.25, 0.3) is 6.08 Å². The summed E-state index contributed by atoms with van der Waals surface area (Å²) in [5.74, 6) is -1.96. The van der Waals surface area contributed by atoms with Crippen molar-refractivity contribution in [3.05, 3.63) is 166 Å². The number of benzene rings is 3. The molecule has 2 aliphatic heterocycles. The first-order chi connectivity index (χ1) is 30.7. The van der Waals surface area contributed by atoms with Crippen LogP contribution < -0.4 is 11.1 Å². The van der Waals surface area contributed by atoms with Gasteiger partial charge in [-0.3, -0.25) is 19.5 Å². The van der Waals surface area contributed by atoms with Gasteiger partial charge in [-0.25, -0.2) is 14.6 Å². The van der Waals surface area contributed by atoms with Gasteiger partial charge in [-0.1, -0.05) is 121 Å². The summed E-state index contributed by atoms with van der Waals surface area (Å²) < 4.78 is 16.4. The number of esters is 1. The van der Waals surface area contributed by atoms with E-state index in [9.17, 15) is 19.2 Å². The molecule has 0 bridgehead atoms. The van der Waals surface area contributed by atoms with Crippen LogP contribution in [0.3, 0.4) is 0 Å². The van der Waals surface area contributed by atoms with Crippen LogP contribution in [0.5, 0.6) is 0 Å². The van der Waals surface area contributed by atoms with Gasteiger partial charge in [0, 0.05) is 47.1 Å². The van der Waals surface area contributed by atoms with Crippen LogP contribution in [-0.4, -0.2) is 74.1 Å². The van der Waals surface area contributed by atoms with Gasteiger partial charge >= 0.3 is 12.1 Å². The fraction of sp³-hybridized carbons (Fsp3) is 0.255. The van der Waals surface area contributed by atoms with E-state index in [1.54, 1.807) is 36.0 Å². The lowest BCUT2D eigenvalue weighted by Crippen LogP contribution is -2.71. The largest absolute Gasteiger partial charge is 0.511 e. The van der Waals surface area contributed by atoms with E-state index in [4.69, 9.17) is 24.8 Å². The van der Waals surface area contributed by atoms with Gasteiger partial charge in [0.15, 0.2) is 10.8 Å². The number of aromatic nitrogens is 2. The summed E-state index contributed by atoms with van der Waals surface area (Å²) in [6.07, 6.45) is 8.73. The molecule has 0 radical (unpaired) electrons. The van der Waals surface area contributed by atoms with Crippen molar-refractivity contribution in [1.29, 1.82) is 0 Å². The molecule has 1 saturated heterocycles. The van der Waals surface area contributed by atoms with Crippen LogP contribution in [0.4, 0.5) is 9.93 Å². The van der Waals surface area contributed by atoms with Gasteiger partial charge in [0.2, 0.25) is 11.9 Å². The number of fused-ring (bicyclic) bond motifs is 1. The molecule has 2 aromatic heterocycles. The standard InChI is InChI=1S/C47H44N6O8S2/c1-30(59-46(57)60-36-22-12-5-13-23-36)58-44(56)40-32(25-24-31-15-14-26-49-27-31)28-62-43-39(42(55)53(40)43)51-41(54)38(37-29-63-45(48)50-37)52-61-47(33-16-6-2-7-17-33,34-18-8-3-9-19-34)35-20-10-4-11-21-35/h2-4,6-11,14-21,24-27,29-30,36,39,43H,5,12-13,22-23,28H2,1H3,(H2,48,50)(H,51,54)/b25-24+,52-38+/t30?,39-,43-/m1/s1. The van der Waals surface area contributed by atoms with Crippen molar-refractivity contribution >= 4 is 64.0 Å². The molecular formula is C47H44N6O8S2. The SMILES string of the molecule is CC(OC(=O)OC1CCCCC1)OC(=O)C1=C(/C=C/c2cccnc2)CS[C@@H]2[C@H](NC(=O)/C(=N/OC(c3ccccc3)(c3ccccc3)c3ccccc3)c3csc(N)n3)C(=O)N12. The van der Waals surface area contributed by atoms with Crippen LogP contribution in [0.1, 0.15) is 67.0 Å². The van der Waals surface area contributed by atoms with Gasteiger partial charge in [0.25, 0.3) is 11.8 Å². The molecule has 63 heavy (non-hydrogen) atoms. The Morgan fingerprint density at radius 1 is 0.889 bits per heavy atom. The second-order valence-corrected chi connectivity index (χ2v) is 16.9. The number of nitrogens with two attached hydrogens (primary N) is 1. The Balaban J connectivity index is 1.07. The number of hydrogen-bond acceptors (Lipinski definition) is 14. The molecule has 0 spiro atoms. The van der Waals surface area contributed by atoms with Crippen molar-refractivity contribution < 1.29 is 38.2 Å². The number of rotatable bonds is 14. The summed E-state index contributed by atoms with van der Waals surface area (Å²) in [5.41, 5.74) is 8.08. The second kappa shape index (κ2) is 19.5. The lowest BCUT2D eigenvalue weighted by molar-refractivity contribution is -0.169. The molecule has 14 nitrogen and oxygen atoms in total. The quantitative estimate of drug-likeness (QED) is 0.0279. The van der Waals surface area contributed by atoms with Gasteiger partial charge in [-0.15, -0.1) is 23.1 Å². The number of carbonyl (C=O) groups excluding carboxylic acids is 4. The number of β-lactam (4-membered cyclic amide) rings is 1. The highest BCUT2D eigenvalue weighted by molar-refractivity contribution is 8.00. The fourth-order valence-corrected chi connectivity index (χ4v) is 9.61. The van der Waals surface area contributed by atoms with Crippen molar-refractivity contribution in [2.75, 3.05) is 11.5 Å². The highest BCUT2D eigenvalue weighted by Gasteiger charge is 2.55. The van der Waals surface area contributed by atoms with Crippen molar-refractivity contribution in [2.45, 2.75) is 68.4 Å². The maximum Gasteiger partial charge on any atom is 0.511 e. The molecule has 3 aromatic carbocycles. The van der Waals surface area contributed by atoms with E-state index in [0.717, 1.165) is 65.7 Å². The Morgan fingerprint density at radius 2 is 1.54 bits per heavy atom. The maximum absolute atomic E-state index is 14.5. The highest BCUT2D eigenvalue weighted by Crippen LogP contribution is 2.43. The lowest BCUT2D eigenvalue weighted by Gasteiger charge is -2.49. The molecule has 8 rings (SSSR count). The minimum absolute atomic E-state index is 0.0478. The first-order valence-corrected chi connectivity index (χ1v) is 22.4. The number of thiazole rings is 1. The van der Waals surface area contributed by atoms with Crippen molar-refractivity contribution in [3.8, 4) is 0 Å². The minimum Gasteiger partial charge on any atom is -0.431 e. The minimum atomic E-state index is -1.33. The Kier molecular flexibility index (Phi) is 13.3. The van der Waals surface area contributed by atoms with E-state index < -0.39 is 47.2 Å². The average molecular weight is 885 g/mol. The number of hydrogen-bond donors (Lipinski definition) is 2. The van der Waals surface area contributed by atoms with E-state index in [0.29, 0.717) is 5.57 Å².